The first-order valence-electron chi connectivity index (χ1n) is 5.31. The molecule has 2 aliphatic carbocycles. The normalized spacial score (nSPS) is 25.7. The molecule has 0 heterocycles. The molecule has 2 aliphatic rings. The second-order valence-corrected chi connectivity index (χ2v) is 7.44. The van der Waals surface area contributed by atoms with Crippen molar-refractivity contribution in [3.63, 3.8) is 0 Å². The van der Waals surface area contributed by atoms with E-state index in [1.165, 1.54) is 0 Å². The summed E-state index contributed by atoms with van der Waals surface area (Å²) in [6, 6.07) is 0. The molecule has 0 unspecified atom stereocenters. The third-order valence-electron chi connectivity index (χ3n) is 3.47. The van der Waals surface area contributed by atoms with Crippen LogP contribution in [0.15, 0.2) is 0 Å². The minimum Gasteiger partial charge on any atom is -0.465 e. The molecule has 5 heteroatoms. The lowest BCUT2D eigenvalue weighted by molar-refractivity contribution is -0.143. The van der Waals surface area contributed by atoms with Crippen LogP contribution in [0.3, 0.4) is 0 Å². The van der Waals surface area contributed by atoms with Crippen LogP contribution in [0.2, 0.25) is 0 Å². The van der Waals surface area contributed by atoms with E-state index in [-0.39, 0.29) is 6.61 Å². The molecule has 0 aromatic heterocycles. The van der Waals surface area contributed by atoms with Crippen LogP contribution in [0, 0.1) is 0 Å². The summed E-state index contributed by atoms with van der Waals surface area (Å²) in [6.45, 7) is 3.66. The first-order chi connectivity index (χ1) is 6.90. The van der Waals surface area contributed by atoms with Crippen LogP contribution < -0.4 is 0 Å². The molecule has 0 aromatic rings. The lowest BCUT2D eigenvalue weighted by Gasteiger charge is -2.19. The molecular formula is C10H16O4S. The zero-order chi connectivity index (χ0) is 11.3. The highest BCUT2D eigenvalue weighted by Gasteiger charge is 2.69. The quantitative estimate of drug-likeness (QED) is 0.680. The zero-order valence-electron chi connectivity index (χ0n) is 9.08. The Balaban J connectivity index is 2.27. The van der Waals surface area contributed by atoms with Gasteiger partial charge in [0.1, 0.15) is 0 Å². The van der Waals surface area contributed by atoms with E-state index in [4.69, 9.17) is 4.74 Å². The number of hydrogen-bond acceptors (Lipinski definition) is 4. The maximum atomic E-state index is 12.2. The van der Waals surface area contributed by atoms with Gasteiger partial charge in [0.2, 0.25) is 0 Å². The molecule has 2 rings (SSSR count). The Morgan fingerprint density at radius 2 is 1.80 bits per heavy atom. The Hall–Kier alpha value is -0.580. The van der Waals surface area contributed by atoms with Crippen LogP contribution in [0.1, 0.15) is 39.5 Å². The smallest absolute Gasteiger partial charge is 0.327 e. The van der Waals surface area contributed by atoms with Crippen LogP contribution in [-0.2, 0) is 19.4 Å². The van der Waals surface area contributed by atoms with Gasteiger partial charge < -0.3 is 4.74 Å². The van der Waals surface area contributed by atoms with Gasteiger partial charge in [-0.1, -0.05) is 0 Å². The van der Waals surface area contributed by atoms with Crippen LogP contribution in [0.25, 0.3) is 0 Å². The van der Waals surface area contributed by atoms with Gasteiger partial charge in [-0.15, -0.1) is 0 Å². The van der Waals surface area contributed by atoms with Crippen molar-refractivity contribution < 1.29 is 17.9 Å². The number of carbonyl (C=O) groups excluding carboxylic acids is 1. The molecule has 4 nitrogen and oxygen atoms in total. The van der Waals surface area contributed by atoms with Crippen molar-refractivity contribution >= 4 is 15.8 Å². The van der Waals surface area contributed by atoms with E-state index in [9.17, 15) is 13.2 Å². The second-order valence-electron chi connectivity index (χ2n) is 4.67. The molecular weight excluding hydrogens is 216 g/mol. The van der Waals surface area contributed by atoms with E-state index in [2.05, 4.69) is 0 Å². The molecule has 0 atom stereocenters. The van der Waals surface area contributed by atoms with Gasteiger partial charge in [0.15, 0.2) is 14.6 Å². The third kappa shape index (κ3) is 1.32. The summed E-state index contributed by atoms with van der Waals surface area (Å²) >= 11 is 0. The number of hydrogen-bond donors (Lipinski definition) is 0. The molecule has 0 aliphatic heterocycles. The lowest BCUT2D eigenvalue weighted by atomic mass is 10.4. The number of ether oxygens (including phenoxy) is 1. The molecule has 0 spiro atoms. The fraction of sp³-hybridized carbons (Fsp3) is 0.900. The summed E-state index contributed by atoms with van der Waals surface area (Å²) in [4.78, 5) is 11.6. The van der Waals surface area contributed by atoms with E-state index in [0.29, 0.717) is 25.7 Å². The van der Waals surface area contributed by atoms with Crippen LogP contribution in [-0.4, -0.2) is 30.5 Å². The first-order valence-corrected chi connectivity index (χ1v) is 6.79. The highest BCUT2D eigenvalue weighted by atomic mass is 32.2. The monoisotopic (exact) mass is 232 g/mol. The Morgan fingerprint density at radius 3 is 2.13 bits per heavy atom. The summed E-state index contributed by atoms with van der Waals surface area (Å²) in [5.41, 5.74) is 0. The summed E-state index contributed by atoms with van der Waals surface area (Å²) < 4.78 is 27.4. The SMILES string of the molecule is CCOC(=O)C1(S(=O)(=O)C2(C)CC2)CC1. The first kappa shape index (κ1) is 10.9. The van der Waals surface area contributed by atoms with Gasteiger partial charge in [0.25, 0.3) is 0 Å². The van der Waals surface area contributed by atoms with Gasteiger partial charge in [0, 0.05) is 0 Å². The van der Waals surface area contributed by atoms with E-state index >= 15 is 0 Å². The zero-order valence-corrected chi connectivity index (χ0v) is 9.89. The van der Waals surface area contributed by atoms with Crippen molar-refractivity contribution in [3.05, 3.63) is 0 Å². The van der Waals surface area contributed by atoms with Crippen molar-refractivity contribution in [2.75, 3.05) is 6.61 Å². The predicted octanol–water partition coefficient (Wildman–Crippen LogP) is 1.05. The van der Waals surface area contributed by atoms with Gasteiger partial charge in [-0.2, -0.15) is 0 Å². The van der Waals surface area contributed by atoms with Gasteiger partial charge in [-0.25, -0.2) is 8.42 Å². The summed E-state index contributed by atoms with van der Waals surface area (Å²) in [6.07, 6.45) is 2.22. The number of carbonyl (C=O) groups is 1. The molecule has 0 N–H and O–H groups in total. The van der Waals surface area contributed by atoms with Crippen molar-refractivity contribution in [2.45, 2.75) is 49.0 Å². The molecule has 2 fully saturated rings. The topological polar surface area (TPSA) is 60.4 Å². The number of sulfone groups is 1. The number of rotatable bonds is 4. The van der Waals surface area contributed by atoms with Crippen molar-refractivity contribution in [1.82, 2.24) is 0 Å². The van der Waals surface area contributed by atoms with E-state index in [1.54, 1.807) is 13.8 Å². The summed E-state index contributed by atoms with van der Waals surface area (Å²) in [7, 11) is -3.35. The lowest BCUT2D eigenvalue weighted by Crippen LogP contribution is -2.40. The highest BCUT2D eigenvalue weighted by Crippen LogP contribution is 2.56. The van der Waals surface area contributed by atoms with E-state index < -0.39 is 25.3 Å². The molecule has 15 heavy (non-hydrogen) atoms. The fourth-order valence-corrected chi connectivity index (χ4v) is 4.38. The second kappa shape index (κ2) is 2.97. The highest BCUT2D eigenvalue weighted by molar-refractivity contribution is 7.95. The van der Waals surface area contributed by atoms with Gasteiger partial charge >= 0.3 is 5.97 Å². The Kier molecular flexibility index (Phi) is 2.16. The molecule has 0 bridgehead atoms. The predicted molar refractivity (Wildman–Crippen MR) is 55.2 cm³/mol. The maximum Gasteiger partial charge on any atom is 0.327 e. The maximum absolute atomic E-state index is 12.2. The van der Waals surface area contributed by atoms with E-state index in [0.717, 1.165) is 0 Å². The van der Waals surface area contributed by atoms with Gasteiger partial charge in [-0.05, 0) is 39.5 Å². The molecule has 0 aromatic carbocycles. The molecule has 0 amide bonds. The standard InChI is InChI=1S/C10H16O4S/c1-3-14-8(11)10(6-7-10)15(12,13)9(2)4-5-9/h3-7H2,1-2H3. The molecule has 2 saturated carbocycles. The Labute approximate surface area is 89.9 Å². The van der Waals surface area contributed by atoms with Crippen LogP contribution in [0.4, 0.5) is 0 Å². The fourth-order valence-electron chi connectivity index (χ4n) is 1.88. The van der Waals surface area contributed by atoms with Gasteiger partial charge in [0.05, 0.1) is 11.4 Å². The van der Waals surface area contributed by atoms with Crippen molar-refractivity contribution in [1.29, 1.82) is 0 Å². The third-order valence-corrected chi connectivity index (χ3v) is 6.78. The van der Waals surface area contributed by atoms with Crippen LogP contribution >= 0.6 is 0 Å². The van der Waals surface area contributed by atoms with Crippen molar-refractivity contribution in [2.24, 2.45) is 0 Å². The number of esters is 1. The molecule has 0 saturated heterocycles. The minimum absolute atomic E-state index is 0.243. The summed E-state index contributed by atoms with van der Waals surface area (Å²) in [5.74, 6) is -0.543. The minimum atomic E-state index is -3.35. The Bertz CT molecular complexity index is 388. The largest absolute Gasteiger partial charge is 0.465 e. The molecule has 0 radical (unpaired) electrons. The molecule has 86 valence electrons. The van der Waals surface area contributed by atoms with Crippen molar-refractivity contribution in [3.8, 4) is 0 Å². The average Bonchev–Trinajstić information content (AvgIpc) is 2.97. The Morgan fingerprint density at radius 1 is 1.27 bits per heavy atom. The van der Waals surface area contributed by atoms with Crippen LogP contribution in [0.5, 0.6) is 0 Å². The van der Waals surface area contributed by atoms with Gasteiger partial charge in [-0.3, -0.25) is 4.79 Å². The average molecular weight is 232 g/mol. The summed E-state index contributed by atoms with van der Waals surface area (Å²) in [5, 5.41) is 0. The van der Waals surface area contributed by atoms with E-state index in [1.807, 2.05) is 0 Å².